The first kappa shape index (κ1) is 24.6. The van der Waals surface area contributed by atoms with Gasteiger partial charge in [-0.05, 0) is 83.8 Å². The molecular weight excluding hydrogens is 426 g/mol. The van der Waals surface area contributed by atoms with E-state index in [0.29, 0.717) is 23.5 Å². The van der Waals surface area contributed by atoms with Gasteiger partial charge in [-0.25, -0.2) is 0 Å². The van der Waals surface area contributed by atoms with E-state index in [0.717, 1.165) is 36.4 Å². The lowest BCUT2D eigenvalue weighted by molar-refractivity contribution is -0.139. The van der Waals surface area contributed by atoms with Crippen LogP contribution in [0.3, 0.4) is 0 Å². The zero-order chi connectivity index (χ0) is 24.3. The van der Waals surface area contributed by atoms with E-state index in [1.165, 1.54) is 0 Å². The van der Waals surface area contributed by atoms with Crippen molar-refractivity contribution >= 4 is 30.1 Å². The highest BCUT2D eigenvalue weighted by Gasteiger charge is 2.44. The van der Waals surface area contributed by atoms with Crippen molar-refractivity contribution in [3.63, 3.8) is 0 Å². The predicted molar refractivity (Wildman–Crippen MR) is 119 cm³/mol. The molecule has 9 nitrogen and oxygen atoms in total. The van der Waals surface area contributed by atoms with Gasteiger partial charge in [0.05, 0.1) is 11.1 Å². The summed E-state index contributed by atoms with van der Waals surface area (Å²) in [5.74, 6) is -1.45. The number of carbonyl (C=O) groups excluding carboxylic acids is 5. The van der Waals surface area contributed by atoms with E-state index in [9.17, 15) is 24.0 Å². The van der Waals surface area contributed by atoms with Gasteiger partial charge >= 0.3 is 0 Å². The van der Waals surface area contributed by atoms with Crippen molar-refractivity contribution in [1.82, 2.24) is 15.1 Å². The summed E-state index contributed by atoms with van der Waals surface area (Å²) >= 11 is 0. The molecule has 4 rings (SSSR count). The maximum atomic E-state index is 12.9. The maximum absolute atomic E-state index is 12.9. The van der Waals surface area contributed by atoms with Crippen LogP contribution >= 0.6 is 0 Å². The molecular formula is C24H31N3O6. The Morgan fingerprint density at radius 1 is 1.00 bits per heavy atom. The van der Waals surface area contributed by atoms with Gasteiger partial charge in [0.1, 0.15) is 11.6 Å². The van der Waals surface area contributed by atoms with E-state index in [4.69, 9.17) is 0 Å². The molecule has 0 spiro atoms. The Balaban J connectivity index is 0.000000383. The van der Waals surface area contributed by atoms with E-state index in [-0.39, 0.29) is 24.3 Å². The number of benzene rings is 1. The standard InChI is InChI=1S/C19H21N3O4.C5H10O2/c1-21-8-6-11(7-9-21)12-2-3-13-14(10-12)19(26)22(18(13)25)15-4-5-16(23)20-17(15)24;1-5(2,3)7-4-6/h2-3,10-11,15H,4-9H2,1H3,(H,20,23,24);4H,1-3H3. The molecule has 1 atom stereocenters. The molecule has 33 heavy (non-hydrogen) atoms. The first-order valence-electron chi connectivity index (χ1n) is 11.2. The molecule has 4 amide bonds. The summed E-state index contributed by atoms with van der Waals surface area (Å²) in [6, 6.07) is 4.53. The Morgan fingerprint density at radius 3 is 2.18 bits per heavy atom. The Hall–Kier alpha value is -3.07. The van der Waals surface area contributed by atoms with E-state index >= 15 is 0 Å². The molecule has 2 fully saturated rings. The molecule has 0 bridgehead atoms. The smallest absolute Gasteiger partial charge is 0.293 e. The molecule has 1 unspecified atom stereocenters. The van der Waals surface area contributed by atoms with Gasteiger partial charge in [-0.3, -0.25) is 34.2 Å². The third kappa shape index (κ3) is 5.65. The van der Waals surface area contributed by atoms with Crippen LogP contribution in [0.5, 0.6) is 0 Å². The molecule has 1 aromatic carbocycles. The number of nitrogens with one attached hydrogen (secondary N) is 1. The second-order valence-electron chi connectivity index (χ2n) is 9.66. The molecule has 0 aliphatic carbocycles. The van der Waals surface area contributed by atoms with E-state index in [1.54, 1.807) is 6.07 Å². The highest BCUT2D eigenvalue weighted by atomic mass is 16.5. The first-order chi connectivity index (χ1) is 15.5. The molecule has 178 valence electrons. The topological polar surface area (TPSA) is 113 Å². The van der Waals surface area contributed by atoms with Crippen LogP contribution in [0.25, 0.3) is 0 Å². The van der Waals surface area contributed by atoms with Crippen molar-refractivity contribution in [2.75, 3.05) is 20.1 Å². The van der Waals surface area contributed by atoms with Crippen LogP contribution < -0.4 is 5.32 Å². The predicted octanol–water partition coefficient (Wildman–Crippen LogP) is 1.85. The van der Waals surface area contributed by atoms with Crippen molar-refractivity contribution in [1.29, 1.82) is 0 Å². The lowest BCUT2D eigenvalue weighted by atomic mass is 9.88. The Morgan fingerprint density at radius 2 is 1.64 bits per heavy atom. The molecule has 2 saturated heterocycles. The summed E-state index contributed by atoms with van der Waals surface area (Å²) in [5, 5.41) is 2.21. The van der Waals surface area contributed by atoms with Crippen molar-refractivity contribution in [3.05, 3.63) is 34.9 Å². The number of ether oxygens (including phenoxy) is 1. The monoisotopic (exact) mass is 457 g/mol. The van der Waals surface area contributed by atoms with Crippen molar-refractivity contribution in [2.45, 2.75) is 64.0 Å². The summed E-state index contributed by atoms with van der Waals surface area (Å²) in [5.41, 5.74) is 1.47. The van der Waals surface area contributed by atoms with Gasteiger partial charge in [0, 0.05) is 6.42 Å². The SMILES string of the molecule is CC(C)(C)OC=O.CN1CCC(c2ccc3c(c2)C(=O)N(C2CCC(=O)NC2=O)C3=O)CC1. The second kappa shape index (κ2) is 9.82. The Bertz CT molecular complexity index is 959. The Labute approximate surface area is 193 Å². The highest BCUT2D eigenvalue weighted by molar-refractivity contribution is 6.23. The van der Waals surface area contributed by atoms with E-state index < -0.39 is 23.8 Å². The molecule has 1 N–H and O–H groups in total. The molecule has 0 aromatic heterocycles. The van der Waals surface area contributed by atoms with Gasteiger partial charge in [-0.15, -0.1) is 0 Å². The zero-order valence-electron chi connectivity index (χ0n) is 19.6. The Kier molecular flexibility index (Phi) is 7.31. The summed E-state index contributed by atoms with van der Waals surface area (Å²) in [6.45, 7) is 7.94. The van der Waals surface area contributed by atoms with E-state index in [2.05, 4.69) is 22.0 Å². The van der Waals surface area contributed by atoms with Crippen LogP contribution in [0.1, 0.15) is 78.7 Å². The maximum Gasteiger partial charge on any atom is 0.293 e. The minimum absolute atomic E-state index is 0.130. The number of nitrogens with zero attached hydrogens (tertiary/aromatic N) is 2. The summed E-state index contributed by atoms with van der Waals surface area (Å²) in [7, 11) is 2.10. The lowest BCUT2D eigenvalue weighted by Gasteiger charge is -2.29. The van der Waals surface area contributed by atoms with Gasteiger partial charge in [0.25, 0.3) is 18.3 Å². The van der Waals surface area contributed by atoms with Gasteiger partial charge in [-0.2, -0.15) is 0 Å². The van der Waals surface area contributed by atoms with Gasteiger partial charge in [0.15, 0.2) is 0 Å². The molecule has 0 saturated carbocycles. The van der Waals surface area contributed by atoms with Gasteiger partial charge < -0.3 is 9.64 Å². The van der Waals surface area contributed by atoms with Gasteiger partial charge in [-0.1, -0.05) is 6.07 Å². The normalized spacial score (nSPS) is 21.8. The number of fused-ring (bicyclic) bond motifs is 1. The average Bonchev–Trinajstić information content (AvgIpc) is 2.98. The number of imide groups is 2. The molecule has 9 heteroatoms. The number of hydrogen-bond acceptors (Lipinski definition) is 7. The summed E-state index contributed by atoms with van der Waals surface area (Å²) in [6.07, 6.45) is 2.35. The first-order valence-corrected chi connectivity index (χ1v) is 11.2. The van der Waals surface area contributed by atoms with Crippen molar-refractivity contribution in [2.24, 2.45) is 0 Å². The number of piperidine rings is 2. The zero-order valence-corrected chi connectivity index (χ0v) is 19.6. The quantitative estimate of drug-likeness (QED) is 0.544. The van der Waals surface area contributed by atoms with Crippen LogP contribution in [0.2, 0.25) is 0 Å². The molecule has 1 aromatic rings. The van der Waals surface area contributed by atoms with Crippen LogP contribution in [-0.2, 0) is 19.1 Å². The lowest BCUT2D eigenvalue weighted by Crippen LogP contribution is -2.54. The second-order valence-corrected chi connectivity index (χ2v) is 9.66. The molecule has 0 radical (unpaired) electrons. The van der Waals surface area contributed by atoms with Crippen molar-refractivity contribution in [3.8, 4) is 0 Å². The number of likely N-dealkylation sites (tertiary alicyclic amines) is 1. The van der Waals surface area contributed by atoms with Crippen LogP contribution in [-0.4, -0.2) is 71.7 Å². The fraction of sp³-hybridized carbons (Fsp3) is 0.542. The summed E-state index contributed by atoms with van der Waals surface area (Å²) < 4.78 is 4.55. The molecule has 3 aliphatic heterocycles. The highest BCUT2D eigenvalue weighted by Crippen LogP contribution is 2.33. The van der Waals surface area contributed by atoms with Crippen LogP contribution in [0.15, 0.2) is 18.2 Å². The van der Waals surface area contributed by atoms with E-state index in [1.807, 2.05) is 32.9 Å². The fourth-order valence-electron chi connectivity index (χ4n) is 4.23. The molecule has 3 aliphatic rings. The fourth-order valence-corrected chi connectivity index (χ4v) is 4.23. The number of hydrogen-bond donors (Lipinski definition) is 1. The minimum atomic E-state index is -0.910. The van der Waals surface area contributed by atoms with Crippen LogP contribution in [0, 0.1) is 0 Å². The molecule has 3 heterocycles. The third-order valence-corrected chi connectivity index (χ3v) is 6.06. The largest absolute Gasteiger partial charge is 0.462 e. The number of amides is 4. The minimum Gasteiger partial charge on any atom is -0.462 e. The van der Waals surface area contributed by atoms with Crippen molar-refractivity contribution < 1.29 is 28.7 Å². The summed E-state index contributed by atoms with van der Waals surface area (Å²) in [4.78, 5) is 61.9. The van der Waals surface area contributed by atoms with Gasteiger partial charge in [0.2, 0.25) is 11.8 Å². The van der Waals surface area contributed by atoms with Crippen LogP contribution in [0.4, 0.5) is 0 Å². The number of rotatable bonds is 3. The third-order valence-electron chi connectivity index (χ3n) is 6.06. The number of carbonyl (C=O) groups is 5. The average molecular weight is 458 g/mol.